The first kappa shape index (κ1) is 18.2. The summed E-state index contributed by atoms with van der Waals surface area (Å²) in [5.41, 5.74) is 2.51. The quantitative estimate of drug-likeness (QED) is 0.718. The highest BCUT2D eigenvalue weighted by Gasteiger charge is 2.17. The van der Waals surface area contributed by atoms with Crippen LogP contribution < -0.4 is 4.74 Å². The number of piperazine rings is 1. The van der Waals surface area contributed by atoms with E-state index in [9.17, 15) is 0 Å². The van der Waals surface area contributed by atoms with Crippen LogP contribution in [-0.4, -0.2) is 49.6 Å². The molecule has 1 fully saturated rings. The Bertz CT molecular complexity index is 694. The van der Waals surface area contributed by atoms with E-state index in [1.54, 1.807) is 7.11 Å². The Morgan fingerprint density at radius 3 is 2.44 bits per heavy atom. The molecule has 0 aromatic heterocycles. The molecule has 1 heterocycles. The van der Waals surface area contributed by atoms with Crippen molar-refractivity contribution in [1.82, 2.24) is 9.80 Å². The zero-order valence-electron chi connectivity index (χ0n) is 14.7. The summed E-state index contributed by atoms with van der Waals surface area (Å²) in [6.07, 6.45) is 4.47. The van der Waals surface area contributed by atoms with Crippen molar-refractivity contribution in [3.8, 4) is 5.75 Å². The van der Waals surface area contributed by atoms with E-state index >= 15 is 0 Å². The van der Waals surface area contributed by atoms with Gasteiger partial charge >= 0.3 is 0 Å². The minimum atomic E-state index is 0.941. The normalized spacial score (nSPS) is 16.4. The van der Waals surface area contributed by atoms with Crippen molar-refractivity contribution < 1.29 is 4.74 Å². The first-order chi connectivity index (χ1) is 12.2. The van der Waals surface area contributed by atoms with Gasteiger partial charge in [0.2, 0.25) is 0 Å². The van der Waals surface area contributed by atoms with E-state index in [1.807, 2.05) is 12.1 Å². The van der Waals surface area contributed by atoms with Gasteiger partial charge in [0.25, 0.3) is 0 Å². The highest BCUT2D eigenvalue weighted by molar-refractivity contribution is 9.10. The fourth-order valence-corrected chi connectivity index (χ4v) is 3.55. The summed E-state index contributed by atoms with van der Waals surface area (Å²) < 4.78 is 6.60. The van der Waals surface area contributed by atoms with E-state index in [0.29, 0.717) is 0 Å². The predicted molar refractivity (Wildman–Crippen MR) is 108 cm³/mol. The number of ether oxygens (including phenoxy) is 1. The second-order valence-corrected chi connectivity index (χ2v) is 7.26. The van der Waals surface area contributed by atoms with Crippen LogP contribution in [0.4, 0.5) is 0 Å². The van der Waals surface area contributed by atoms with Crippen molar-refractivity contribution in [3.63, 3.8) is 0 Å². The third-order valence-corrected chi connectivity index (χ3v) is 5.07. The van der Waals surface area contributed by atoms with Gasteiger partial charge in [-0.2, -0.15) is 0 Å². The van der Waals surface area contributed by atoms with Gasteiger partial charge in [-0.25, -0.2) is 0 Å². The Hall–Kier alpha value is -1.62. The third-order valence-electron chi connectivity index (χ3n) is 4.57. The molecular formula is C21H25BrN2O. The third kappa shape index (κ3) is 5.43. The zero-order valence-corrected chi connectivity index (χ0v) is 16.3. The molecule has 0 bridgehead atoms. The molecule has 0 saturated carbocycles. The first-order valence-electron chi connectivity index (χ1n) is 8.73. The van der Waals surface area contributed by atoms with Gasteiger partial charge in [-0.1, -0.05) is 58.4 Å². The Morgan fingerprint density at radius 1 is 1.00 bits per heavy atom. The Labute approximate surface area is 159 Å². The van der Waals surface area contributed by atoms with E-state index in [-0.39, 0.29) is 0 Å². The van der Waals surface area contributed by atoms with Gasteiger partial charge in [-0.15, -0.1) is 0 Å². The lowest BCUT2D eigenvalue weighted by molar-refractivity contribution is 0.136. The molecule has 0 unspecified atom stereocenters. The monoisotopic (exact) mass is 400 g/mol. The van der Waals surface area contributed by atoms with Gasteiger partial charge in [0.15, 0.2) is 0 Å². The maximum Gasteiger partial charge on any atom is 0.123 e. The topological polar surface area (TPSA) is 15.7 Å². The Kier molecular flexibility index (Phi) is 6.68. The number of nitrogens with zero attached hydrogens (tertiary/aromatic N) is 2. The molecule has 25 heavy (non-hydrogen) atoms. The number of methoxy groups -OCH3 is 1. The minimum absolute atomic E-state index is 0.941. The van der Waals surface area contributed by atoms with Gasteiger partial charge in [-0.05, 0) is 23.8 Å². The van der Waals surface area contributed by atoms with Crippen molar-refractivity contribution in [3.05, 3.63) is 70.2 Å². The number of hydrogen-bond acceptors (Lipinski definition) is 3. The summed E-state index contributed by atoms with van der Waals surface area (Å²) >= 11 is 3.56. The lowest BCUT2D eigenvalue weighted by Gasteiger charge is -2.34. The summed E-state index contributed by atoms with van der Waals surface area (Å²) in [5, 5.41) is 0. The van der Waals surface area contributed by atoms with E-state index in [2.05, 4.69) is 74.3 Å². The lowest BCUT2D eigenvalue weighted by Crippen LogP contribution is -2.45. The molecule has 3 rings (SSSR count). The van der Waals surface area contributed by atoms with Gasteiger partial charge < -0.3 is 4.74 Å². The molecule has 0 amide bonds. The summed E-state index contributed by atoms with van der Waals surface area (Å²) in [5.74, 6) is 0.969. The predicted octanol–water partition coefficient (Wildman–Crippen LogP) is 4.29. The van der Waals surface area contributed by atoms with Crippen LogP contribution >= 0.6 is 15.9 Å². The van der Waals surface area contributed by atoms with Crippen molar-refractivity contribution in [2.75, 3.05) is 39.8 Å². The molecular weight excluding hydrogens is 376 g/mol. The van der Waals surface area contributed by atoms with Crippen molar-refractivity contribution in [2.24, 2.45) is 0 Å². The van der Waals surface area contributed by atoms with Gasteiger partial charge in [0.1, 0.15) is 5.75 Å². The van der Waals surface area contributed by atoms with E-state index in [4.69, 9.17) is 4.74 Å². The summed E-state index contributed by atoms with van der Waals surface area (Å²) in [4.78, 5) is 5.01. The fourth-order valence-electron chi connectivity index (χ4n) is 3.14. The van der Waals surface area contributed by atoms with Gasteiger partial charge in [0.05, 0.1) is 7.11 Å². The number of rotatable bonds is 6. The molecule has 4 heteroatoms. The average molecular weight is 401 g/mol. The lowest BCUT2D eigenvalue weighted by atomic mass is 10.1. The van der Waals surface area contributed by atoms with Gasteiger partial charge in [-0.3, -0.25) is 9.80 Å². The highest BCUT2D eigenvalue weighted by atomic mass is 79.9. The van der Waals surface area contributed by atoms with Crippen LogP contribution in [0, 0.1) is 0 Å². The summed E-state index contributed by atoms with van der Waals surface area (Å²) in [6, 6.07) is 16.7. The van der Waals surface area contributed by atoms with Crippen LogP contribution in [0.2, 0.25) is 0 Å². The number of hydrogen-bond donors (Lipinski definition) is 0. The van der Waals surface area contributed by atoms with Gasteiger partial charge in [0, 0.05) is 49.3 Å². The molecule has 0 radical (unpaired) electrons. The van der Waals surface area contributed by atoms with Crippen LogP contribution in [0.25, 0.3) is 6.08 Å². The number of benzene rings is 2. The van der Waals surface area contributed by atoms with Crippen LogP contribution in [0.15, 0.2) is 59.1 Å². The van der Waals surface area contributed by atoms with Crippen LogP contribution in [0.3, 0.4) is 0 Å². The van der Waals surface area contributed by atoms with E-state index < -0.39 is 0 Å². The Balaban J connectivity index is 1.47. The smallest absolute Gasteiger partial charge is 0.123 e. The second kappa shape index (κ2) is 9.18. The molecule has 3 nitrogen and oxygen atoms in total. The van der Waals surface area contributed by atoms with Crippen molar-refractivity contribution >= 4 is 22.0 Å². The van der Waals surface area contributed by atoms with E-state index in [0.717, 1.165) is 49.5 Å². The van der Waals surface area contributed by atoms with E-state index in [1.165, 1.54) is 11.1 Å². The molecule has 1 aliphatic rings. The largest absolute Gasteiger partial charge is 0.496 e. The van der Waals surface area contributed by atoms with Crippen LogP contribution in [-0.2, 0) is 6.54 Å². The van der Waals surface area contributed by atoms with Crippen LogP contribution in [0.1, 0.15) is 11.1 Å². The maximum atomic E-state index is 5.49. The molecule has 0 aliphatic carbocycles. The minimum Gasteiger partial charge on any atom is -0.496 e. The summed E-state index contributed by atoms with van der Waals surface area (Å²) in [7, 11) is 1.74. The molecule has 1 aliphatic heterocycles. The molecule has 0 atom stereocenters. The Morgan fingerprint density at radius 2 is 1.72 bits per heavy atom. The van der Waals surface area contributed by atoms with Crippen molar-refractivity contribution in [2.45, 2.75) is 6.54 Å². The summed E-state index contributed by atoms with van der Waals surface area (Å²) in [6.45, 7) is 6.35. The fraction of sp³-hybridized carbons (Fsp3) is 0.333. The molecule has 1 saturated heterocycles. The number of halogens is 1. The highest BCUT2D eigenvalue weighted by Crippen LogP contribution is 2.24. The second-order valence-electron chi connectivity index (χ2n) is 6.35. The first-order valence-corrected chi connectivity index (χ1v) is 9.52. The molecule has 2 aromatic carbocycles. The molecule has 0 spiro atoms. The molecule has 0 N–H and O–H groups in total. The standard InChI is InChI=1S/C21H25BrN2O/c1-25-21-10-9-20(22)16-19(21)17-24-14-12-23(13-15-24)11-5-8-18-6-3-2-4-7-18/h2-10,16H,11-15,17H2,1H3/b8-5+. The average Bonchev–Trinajstić information content (AvgIpc) is 2.64. The zero-order chi connectivity index (χ0) is 17.5. The molecule has 2 aromatic rings. The SMILES string of the molecule is COc1ccc(Br)cc1CN1CCN(C/C=C/c2ccccc2)CC1. The molecule has 132 valence electrons. The maximum absolute atomic E-state index is 5.49. The van der Waals surface area contributed by atoms with Crippen LogP contribution in [0.5, 0.6) is 5.75 Å². The van der Waals surface area contributed by atoms with Crippen molar-refractivity contribution in [1.29, 1.82) is 0 Å².